The molecule has 1 heterocycles. The second-order valence-corrected chi connectivity index (χ2v) is 6.44. The molecule has 0 bridgehead atoms. The van der Waals surface area contributed by atoms with Gasteiger partial charge >= 0.3 is 5.97 Å². The number of carbonyl (C=O) groups excluding carboxylic acids is 1. The summed E-state index contributed by atoms with van der Waals surface area (Å²) in [5.74, 6) is -2.62. The molecule has 1 rings (SSSR count). The topological polar surface area (TPSA) is 114 Å². The highest BCUT2D eigenvalue weighted by atomic mass is 32.2. The SMILES string of the molecule is CCS(=O)(=O)CC(C)NC(=O)c1ccc(C(=O)O)o1. The molecular weight excluding hydrogens is 274 g/mol. The Morgan fingerprint density at radius 2 is 1.95 bits per heavy atom. The Bertz CT molecular complexity index is 574. The van der Waals surface area contributed by atoms with E-state index in [-0.39, 0.29) is 23.0 Å². The Kier molecular flexibility index (Phi) is 4.71. The molecule has 0 aliphatic carbocycles. The van der Waals surface area contributed by atoms with Crippen LogP contribution in [0.5, 0.6) is 0 Å². The molecule has 1 amide bonds. The number of carboxylic acid groups (broad SMARTS) is 1. The molecule has 0 radical (unpaired) electrons. The quantitative estimate of drug-likeness (QED) is 0.789. The molecule has 0 fully saturated rings. The summed E-state index contributed by atoms with van der Waals surface area (Å²) in [5, 5.41) is 11.1. The van der Waals surface area contributed by atoms with E-state index < -0.39 is 27.8 Å². The van der Waals surface area contributed by atoms with Crippen LogP contribution < -0.4 is 5.32 Å². The number of hydrogen-bond donors (Lipinski definition) is 2. The van der Waals surface area contributed by atoms with E-state index in [9.17, 15) is 18.0 Å². The van der Waals surface area contributed by atoms with E-state index in [0.29, 0.717) is 0 Å². The summed E-state index contributed by atoms with van der Waals surface area (Å²) in [6.45, 7) is 3.07. The summed E-state index contributed by atoms with van der Waals surface area (Å²) < 4.78 is 27.5. The third kappa shape index (κ3) is 4.40. The Morgan fingerprint density at radius 1 is 1.37 bits per heavy atom. The molecule has 0 aliphatic heterocycles. The van der Waals surface area contributed by atoms with Crippen molar-refractivity contribution in [1.82, 2.24) is 5.32 Å². The number of nitrogens with one attached hydrogen (secondary N) is 1. The minimum Gasteiger partial charge on any atom is -0.475 e. The van der Waals surface area contributed by atoms with Crippen LogP contribution in [0.3, 0.4) is 0 Å². The lowest BCUT2D eigenvalue weighted by atomic mass is 10.3. The van der Waals surface area contributed by atoms with Gasteiger partial charge in [-0.2, -0.15) is 0 Å². The fourth-order valence-corrected chi connectivity index (χ4v) is 2.49. The Labute approximate surface area is 110 Å². The fourth-order valence-electron chi connectivity index (χ4n) is 1.41. The number of hydrogen-bond acceptors (Lipinski definition) is 5. The Hall–Kier alpha value is -1.83. The van der Waals surface area contributed by atoms with E-state index in [4.69, 9.17) is 9.52 Å². The zero-order valence-corrected chi connectivity index (χ0v) is 11.4. The van der Waals surface area contributed by atoms with E-state index in [1.54, 1.807) is 6.92 Å². The van der Waals surface area contributed by atoms with Gasteiger partial charge in [-0.3, -0.25) is 4.79 Å². The number of amides is 1. The van der Waals surface area contributed by atoms with Crippen LogP contribution in [0.15, 0.2) is 16.5 Å². The Balaban J connectivity index is 2.66. The van der Waals surface area contributed by atoms with Gasteiger partial charge in [0.1, 0.15) is 0 Å². The molecule has 1 aromatic rings. The van der Waals surface area contributed by atoms with E-state index >= 15 is 0 Å². The molecule has 0 spiro atoms. The maximum absolute atomic E-state index is 11.7. The number of carboxylic acids is 1. The van der Waals surface area contributed by atoms with Crippen LogP contribution in [0, 0.1) is 0 Å². The summed E-state index contributed by atoms with van der Waals surface area (Å²) in [4.78, 5) is 22.3. The molecule has 2 N–H and O–H groups in total. The van der Waals surface area contributed by atoms with Gasteiger partial charge in [0.25, 0.3) is 5.91 Å². The molecule has 106 valence electrons. The first kappa shape index (κ1) is 15.2. The van der Waals surface area contributed by atoms with Gasteiger partial charge in [0.05, 0.1) is 5.75 Å². The number of carbonyl (C=O) groups is 2. The lowest BCUT2D eigenvalue weighted by molar-refractivity contribution is 0.0659. The van der Waals surface area contributed by atoms with Crippen molar-refractivity contribution in [1.29, 1.82) is 0 Å². The molecule has 1 aromatic heterocycles. The summed E-state index contributed by atoms with van der Waals surface area (Å²) in [6, 6.07) is 1.79. The number of rotatable bonds is 6. The van der Waals surface area contributed by atoms with Crippen LogP contribution in [0.1, 0.15) is 35.0 Å². The molecule has 1 atom stereocenters. The first-order chi connectivity index (χ1) is 8.75. The summed E-state index contributed by atoms with van der Waals surface area (Å²) >= 11 is 0. The van der Waals surface area contributed by atoms with Crippen molar-refractivity contribution in [2.24, 2.45) is 0 Å². The van der Waals surface area contributed by atoms with E-state index in [1.165, 1.54) is 13.0 Å². The van der Waals surface area contributed by atoms with Crippen LogP contribution in [0.2, 0.25) is 0 Å². The maximum atomic E-state index is 11.7. The monoisotopic (exact) mass is 289 g/mol. The zero-order valence-electron chi connectivity index (χ0n) is 10.5. The highest BCUT2D eigenvalue weighted by molar-refractivity contribution is 7.91. The standard InChI is InChI=1S/C11H15NO6S/c1-3-19(16,17)6-7(2)12-10(13)8-4-5-9(18-8)11(14)15/h4-5,7H,3,6H2,1-2H3,(H,12,13)(H,14,15). The zero-order chi connectivity index (χ0) is 14.6. The first-order valence-corrected chi connectivity index (χ1v) is 7.41. The summed E-state index contributed by atoms with van der Waals surface area (Å²) in [5.41, 5.74) is 0. The van der Waals surface area contributed by atoms with Crippen molar-refractivity contribution < 1.29 is 27.5 Å². The fraction of sp³-hybridized carbons (Fsp3) is 0.455. The van der Waals surface area contributed by atoms with Crippen molar-refractivity contribution >= 4 is 21.7 Å². The molecule has 19 heavy (non-hydrogen) atoms. The number of sulfone groups is 1. The van der Waals surface area contributed by atoms with Gasteiger partial charge in [0.15, 0.2) is 15.6 Å². The van der Waals surface area contributed by atoms with Crippen LogP contribution in [0.25, 0.3) is 0 Å². The predicted molar refractivity (Wildman–Crippen MR) is 66.9 cm³/mol. The average molecular weight is 289 g/mol. The van der Waals surface area contributed by atoms with Crippen LogP contribution >= 0.6 is 0 Å². The van der Waals surface area contributed by atoms with Gasteiger partial charge in [0.2, 0.25) is 5.76 Å². The van der Waals surface area contributed by atoms with Gasteiger partial charge in [0, 0.05) is 11.8 Å². The number of furan rings is 1. The minimum absolute atomic E-state index is 0.00285. The van der Waals surface area contributed by atoms with Crippen molar-refractivity contribution in [3.63, 3.8) is 0 Å². The van der Waals surface area contributed by atoms with Gasteiger partial charge < -0.3 is 14.8 Å². The summed E-state index contributed by atoms with van der Waals surface area (Å²) in [6.07, 6.45) is 0. The van der Waals surface area contributed by atoms with Crippen molar-refractivity contribution in [3.05, 3.63) is 23.7 Å². The lowest BCUT2D eigenvalue weighted by Gasteiger charge is -2.12. The Morgan fingerprint density at radius 3 is 2.42 bits per heavy atom. The number of aromatic carboxylic acids is 1. The van der Waals surface area contributed by atoms with Crippen molar-refractivity contribution in [2.75, 3.05) is 11.5 Å². The third-order valence-corrected chi connectivity index (χ3v) is 4.25. The van der Waals surface area contributed by atoms with Crippen molar-refractivity contribution in [3.8, 4) is 0 Å². The minimum atomic E-state index is -3.19. The molecule has 8 heteroatoms. The van der Waals surface area contributed by atoms with Gasteiger partial charge in [-0.15, -0.1) is 0 Å². The predicted octanol–water partition coefficient (Wildman–Crippen LogP) is 0.531. The van der Waals surface area contributed by atoms with Crippen LogP contribution in [-0.4, -0.2) is 42.9 Å². The van der Waals surface area contributed by atoms with Gasteiger partial charge in [-0.25, -0.2) is 13.2 Å². The highest BCUT2D eigenvalue weighted by Gasteiger charge is 2.19. The second kappa shape index (κ2) is 5.87. The molecule has 1 unspecified atom stereocenters. The molecule has 7 nitrogen and oxygen atoms in total. The molecule has 0 saturated carbocycles. The smallest absolute Gasteiger partial charge is 0.371 e. The van der Waals surface area contributed by atoms with Gasteiger partial charge in [-0.05, 0) is 19.1 Å². The van der Waals surface area contributed by atoms with Crippen LogP contribution in [-0.2, 0) is 9.84 Å². The third-order valence-electron chi connectivity index (χ3n) is 2.36. The normalized spacial score (nSPS) is 12.9. The molecule has 0 saturated heterocycles. The average Bonchev–Trinajstić information content (AvgIpc) is 2.77. The first-order valence-electron chi connectivity index (χ1n) is 5.59. The highest BCUT2D eigenvalue weighted by Crippen LogP contribution is 2.08. The molecule has 0 aliphatic rings. The van der Waals surface area contributed by atoms with E-state index in [0.717, 1.165) is 6.07 Å². The second-order valence-electron chi connectivity index (χ2n) is 4.04. The largest absolute Gasteiger partial charge is 0.475 e. The van der Waals surface area contributed by atoms with Gasteiger partial charge in [-0.1, -0.05) is 6.92 Å². The van der Waals surface area contributed by atoms with Crippen molar-refractivity contribution in [2.45, 2.75) is 19.9 Å². The van der Waals surface area contributed by atoms with E-state index in [2.05, 4.69) is 5.32 Å². The van der Waals surface area contributed by atoms with E-state index in [1.807, 2.05) is 0 Å². The molecular formula is C11H15NO6S. The summed E-state index contributed by atoms with van der Waals surface area (Å²) in [7, 11) is -3.19. The lowest BCUT2D eigenvalue weighted by Crippen LogP contribution is -2.37. The van der Waals surface area contributed by atoms with Crippen LogP contribution in [0.4, 0.5) is 0 Å². The molecule has 0 aromatic carbocycles. The maximum Gasteiger partial charge on any atom is 0.371 e.